The van der Waals surface area contributed by atoms with Crippen molar-refractivity contribution in [3.63, 3.8) is 0 Å². The van der Waals surface area contributed by atoms with Crippen LogP contribution in [0.5, 0.6) is 5.75 Å². The lowest BCUT2D eigenvalue weighted by Gasteiger charge is -2.25. The summed E-state index contributed by atoms with van der Waals surface area (Å²) >= 11 is 6.16. The van der Waals surface area contributed by atoms with Gasteiger partial charge in [-0.25, -0.2) is 0 Å². The minimum Gasteiger partial charge on any atom is -0.495 e. The van der Waals surface area contributed by atoms with Gasteiger partial charge in [0.15, 0.2) is 0 Å². The molecule has 0 bridgehead atoms. The van der Waals surface area contributed by atoms with Crippen molar-refractivity contribution in [2.45, 2.75) is 12.5 Å². The van der Waals surface area contributed by atoms with Gasteiger partial charge in [0, 0.05) is 23.4 Å². The van der Waals surface area contributed by atoms with Crippen molar-refractivity contribution >= 4 is 34.8 Å². The van der Waals surface area contributed by atoms with Crippen LogP contribution >= 0.6 is 11.6 Å². The number of benzene rings is 3. The molecule has 146 valence electrons. The lowest BCUT2D eigenvalue weighted by Crippen LogP contribution is -2.45. The number of amides is 2. The van der Waals surface area contributed by atoms with Gasteiger partial charge < -0.3 is 10.1 Å². The highest BCUT2D eigenvalue weighted by Gasteiger charge is 2.38. The molecule has 1 aliphatic rings. The quantitative estimate of drug-likeness (QED) is 0.691. The SMILES string of the molecule is COc1ccc(NC(=O)[C@H]2Cc3ccccc3N2C(=O)c2ccccc2)cc1Cl. The number of hydrogen-bond donors (Lipinski definition) is 1. The molecular weight excluding hydrogens is 388 g/mol. The van der Waals surface area contributed by atoms with Crippen molar-refractivity contribution in [3.8, 4) is 5.75 Å². The van der Waals surface area contributed by atoms with Crippen LogP contribution in [-0.2, 0) is 11.2 Å². The summed E-state index contributed by atoms with van der Waals surface area (Å²) in [6.07, 6.45) is 0.449. The third-order valence-electron chi connectivity index (χ3n) is 4.94. The molecule has 1 N–H and O–H groups in total. The van der Waals surface area contributed by atoms with Gasteiger partial charge in [-0.05, 0) is 42.0 Å². The van der Waals surface area contributed by atoms with E-state index >= 15 is 0 Å². The second kappa shape index (κ2) is 7.97. The van der Waals surface area contributed by atoms with Crippen LogP contribution in [0, 0.1) is 0 Å². The average Bonchev–Trinajstić information content (AvgIpc) is 3.14. The highest BCUT2D eigenvalue weighted by Crippen LogP contribution is 2.34. The van der Waals surface area contributed by atoms with E-state index in [0.29, 0.717) is 28.4 Å². The number of carbonyl (C=O) groups excluding carboxylic acids is 2. The Hall–Kier alpha value is -3.31. The maximum absolute atomic E-state index is 13.2. The first-order chi connectivity index (χ1) is 14.1. The van der Waals surface area contributed by atoms with Crippen molar-refractivity contribution in [1.82, 2.24) is 0 Å². The molecule has 1 atom stereocenters. The standard InChI is InChI=1S/C23H19ClN2O3/c1-29-21-12-11-17(14-18(21)24)25-22(27)20-13-16-9-5-6-10-19(16)26(20)23(28)15-7-3-2-4-8-15/h2-12,14,20H,13H2,1H3,(H,25,27)/t20-/m1/s1. The van der Waals surface area contributed by atoms with Gasteiger partial charge in [0.25, 0.3) is 5.91 Å². The second-order valence-electron chi connectivity index (χ2n) is 6.73. The third kappa shape index (κ3) is 3.69. The predicted molar refractivity (Wildman–Crippen MR) is 114 cm³/mol. The largest absolute Gasteiger partial charge is 0.495 e. The summed E-state index contributed by atoms with van der Waals surface area (Å²) in [5, 5.41) is 3.27. The molecule has 6 heteroatoms. The van der Waals surface area contributed by atoms with E-state index in [0.717, 1.165) is 11.3 Å². The van der Waals surface area contributed by atoms with Gasteiger partial charge in [-0.2, -0.15) is 0 Å². The average molecular weight is 407 g/mol. The van der Waals surface area contributed by atoms with Crippen LogP contribution in [0.1, 0.15) is 15.9 Å². The summed E-state index contributed by atoms with van der Waals surface area (Å²) in [5.74, 6) is 0.0500. The molecule has 0 saturated carbocycles. The maximum Gasteiger partial charge on any atom is 0.259 e. The Morgan fingerprint density at radius 3 is 2.48 bits per heavy atom. The van der Waals surface area contributed by atoms with Crippen molar-refractivity contribution in [3.05, 3.63) is 88.9 Å². The third-order valence-corrected chi connectivity index (χ3v) is 5.23. The first kappa shape index (κ1) is 19.0. The Kier molecular flexibility index (Phi) is 5.23. The number of hydrogen-bond acceptors (Lipinski definition) is 3. The van der Waals surface area contributed by atoms with Crippen LogP contribution in [0.25, 0.3) is 0 Å². The molecule has 0 saturated heterocycles. The topological polar surface area (TPSA) is 58.6 Å². The summed E-state index contributed by atoms with van der Waals surface area (Å²) in [7, 11) is 1.53. The van der Waals surface area contributed by atoms with Crippen LogP contribution in [0.3, 0.4) is 0 Å². The van der Waals surface area contributed by atoms with Crippen LogP contribution in [0.2, 0.25) is 5.02 Å². The lowest BCUT2D eigenvalue weighted by molar-refractivity contribution is -0.117. The second-order valence-corrected chi connectivity index (χ2v) is 7.14. The van der Waals surface area contributed by atoms with Crippen molar-refractivity contribution in [2.24, 2.45) is 0 Å². The Morgan fingerprint density at radius 1 is 1.03 bits per heavy atom. The van der Waals surface area contributed by atoms with E-state index in [9.17, 15) is 9.59 Å². The highest BCUT2D eigenvalue weighted by molar-refractivity contribution is 6.32. The van der Waals surface area contributed by atoms with Crippen LogP contribution < -0.4 is 15.0 Å². The minimum atomic E-state index is -0.652. The molecule has 0 unspecified atom stereocenters. The maximum atomic E-state index is 13.2. The van der Waals surface area contributed by atoms with Crippen molar-refractivity contribution in [1.29, 1.82) is 0 Å². The van der Waals surface area contributed by atoms with E-state index in [4.69, 9.17) is 16.3 Å². The zero-order chi connectivity index (χ0) is 20.4. The number of methoxy groups -OCH3 is 1. The van der Waals surface area contributed by atoms with Gasteiger partial charge in [0.05, 0.1) is 12.1 Å². The van der Waals surface area contributed by atoms with E-state index < -0.39 is 6.04 Å². The number of carbonyl (C=O) groups is 2. The molecule has 1 heterocycles. The number of para-hydroxylation sites is 1. The first-order valence-electron chi connectivity index (χ1n) is 9.19. The predicted octanol–water partition coefficient (Wildman–Crippen LogP) is 4.56. The minimum absolute atomic E-state index is 0.205. The number of nitrogens with one attached hydrogen (secondary N) is 1. The summed E-state index contributed by atoms with van der Waals surface area (Å²) in [6.45, 7) is 0. The molecule has 0 radical (unpaired) electrons. The number of nitrogens with zero attached hydrogens (tertiary/aromatic N) is 1. The zero-order valence-corrected chi connectivity index (χ0v) is 16.5. The van der Waals surface area contributed by atoms with Gasteiger partial charge in [0.1, 0.15) is 11.8 Å². The molecule has 0 spiro atoms. The lowest BCUT2D eigenvalue weighted by atomic mass is 10.1. The monoisotopic (exact) mass is 406 g/mol. The normalized spacial score (nSPS) is 15.0. The number of rotatable bonds is 4. The van der Waals surface area contributed by atoms with E-state index in [-0.39, 0.29) is 11.8 Å². The van der Waals surface area contributed by atoms with E-state index in [1.54, 1.807) is 35.2 Å². The van der Waals surface area contributed by atoms with Gasteiger partial charge >= 0.3 is 0 Å². The number of halogens is 1. The molecule has 0 fully saturated rings. The molecule has 2 amide bonds. The molecule has 1 aliphatic heterocycles. The van der Waals surface area contributed by atoms with E-state index in [1.165, 1.54) is 7.11 Å². The Balaban J connectivity index is 1.64. The van der Waals surface area contributed by atoms with Crippen molar-refractivity contribution < 1.29 is 14.3 Å². The van der Waals surface area contributed by atoms with Crippen molar-refractivity contribution in [2.75, 3.05) is 17.3 Å². The molecule has 0 aromatic heterocycles. The molecule has 3 aromatic rings. The van der Waals surface area contributed by atoms with Gasteiger partial charge in [0.2, 0.25) is 5.91 Å². The Bertz CT molecular complexity index is 1070. The van der Waals surface area contributed by atoms with Gasteiger partial charge in [-0.15, -0.1) is 0 Å². The Labute approximate surface area is 173 Å². The number of anilines is 2. The molecular formula is C23H19ClN2O3. The summed E-state index contributed by atoms with van der Waals surface area (Å²) in [6, 6.07) is 20.9. The fourth-order valence-corrected chi connectivity index (χ4v) is 3.79. The van der Waals surface area contributed by atoms with Crippen LogP contribution in [-0.4, -0.2) is 25.0 Å². The summed E-state index contributed by atoms with van der Waals surface area (Å²) < 4.78 is 5.15. The molecule has 4 rings (SSSR count). The highest BCUT2D eigenvalue weighted by atomic mass is 35.5. The molecule has 3 aromatic carbocycles. The zero-order valence-electron chi connectivity index (χ0n) is 15.8. The fraction of sp³-hybridized carbons (Fsp3) is 0.130. The number of fused-ring (bicyclic) bond motifs is 1. The Morgan fingerprint density at radius 2 is 1.76 bits per heavy atom. The van der Waals surface area contributed by atoms with Crippen LogP contribution in [0.15, 0.2) is 72.8 Å². The molecule has 29 heavy (non-hydrogen) atoms. The smallest absolute Gasteiger partial charge is 0.259 e. The van der Waals surface area contributed by atoms with Gasteiger partial charge in [-0.3, -0.25) is 14.5 Å². The van der Waals surface area contributed by atoms with E-state index in [1.807, 2.05) is 42.5 Å². The van der Waals surface area contributed by atoms with E-state index in [2.05, 4.69) is 5.32 Å². The number of ether oxygens (including phenoxy) is 1. The van der Waals surface area contributed by atoms with Gasteiger partial charge in [-0.1, -0.05) is 48.0 Å². The molecule has 5 nitrogen and oxygen atoms in total. The fourth-order valence-electron chi connectivity index (χ4n) is 3.54. The summed E-state index contributed by atoms with van der Waals surface area (Å²) in [5.41, 5.74) is 2.80. The molecule has 0 aliphatic carbocycles. The first-order valence-corrected chi connectivity index (χ1v) is 9.57. The van der Waals surface area contributed by atoms with Crippen LogP contribution in [0.4, 0.5) is 11.4 Å². The summed E-state index contributed by atoms with van der Waals surface area (Å²) in [4.78, 5) is 27.9.